The maximum atomic E-state index is 13.0. The predicted molar refractivity (Wildman–Crippen MR) is 123 cm³/mol. The van der Waals surface area contributed by atoms with Gasteiger partial charge in [-0.3, -0.25) is 14.4 Å². The first-order valence-corrected chi connectivity index (χ1v) is 11.4. The fourth-order valence-corrected chi connectivity index (χ4v) is 3.67. The Bertz CT molecular complexity index is 798. The molecule has 7 N–H and O–H groups in total. The molecule has 1 saturated heterocycles. The van der Waals surface area contributed by atoms with Crippen molar-refractivity contribution in [1.82, 2.24) is 21.3 Å². The third-order valence-electron chi connectivity index (χ3n) is 5.61. The minimum atomic E-state index is -1.14. The van der Waals surface area contributed by atoms with Crippen molar-refractivity contribution in [3.05, 3.63) is 35.9 Å². The van der Waals surface area contributed by atoms with Gasteiger partial charge in [-0.2, -0.15) is 0 Å². The van der Waals surface area contributed by atoms with Gasteiger partial charge < -0.3 is 32.1 Å². The summed E-state index contributed by atoms with van der Waals surface area (Å²) in [6.07, 6.45) is 3.32. The fourth-order valence-electron chi connectivity index (χ4n) is 3.67. The van der Waals surface area contributed by atoms with Crippen LogP contribution in [0.3, 0.4) is 0 Å². The van der Waals surface area contributed by atoms with Crippen LogP contribution in [-0.4, -0.2) is 66.1 Å². The molecule has 10 heteroatoms. The molecule has 4 atom stereocenters. The van der Waals surface area contributed by atoms with Crippen LogP contribution in [0.4, 0.5) is 0 Å². The van der Waals surface area contributed by atoms with Gasteiger partial charge in [-0.05, 0) is 57.7 Å². The van der Waals surface area contributed by atoms with Crippen LogP contribution in [0.1, 0.15) is 44.6 Å². The molecule has 1 aliphatic heterocycles. The Balaban J connectivity index is 2.00. The van der Waals surface area contributed by atoms with Gasteiger partial charge in [0.25, 0.3) is 0 Å². The second kappa shape index (κ2) is 13.5. The fraction of sp³-hybridized carbons (Fsp3) is 0.565. The number of benzene rings is 1. The molecule has 1 fully saturated rings. The summed E-state index contributed by atoms with van der Waals surface area (Å²) in [7, 11) is 0. The SMILES string of the molecule is CC(NC(=O)C(Cc1ccccc1)NC(=O)C1CCCN1)C(=O)NC(CCCCN)C(=O)O. The summed E-state index contributed by atoms with van der Waals surface area (Å²) < 4.78 is 0. The Morgan fingerprint density at radius 1 is 1.06 bits per heavy atom. The zero-order valence-corrected chi connectivity index (χ0v) is 19.0. The molecule has 1 aromatic rings. The lowest BCUT2D eigenvalue weighted by Gasteiger charge is -2.23. The monoisotopic (exact) mass is 461 g/mol. The van der Waals surface area contributed by atoms with Crippen LogP contribution < -0.4 is 27.0 Å². The molecular weight excluding hydrogens is 426 g/mol. The second-order valence-corrected chi connectivity index (χ2v) is 8.31. The number of carbonyl (C=O) groups is 4. The smallest absolute Gasteiger partial charge is 0.326 e. The van der Waals surface area contributed by atoms with Crippen LogP contribution >= 0.6 is 0 Å². The van der Waals surface area contributed by atoms with Gasteiger partial charge in [0.05, 0.1) is 6.04 Å². The molecule has 3 amide bonds. The Kier molecular flexibility index (Phi) is 10.8. The van der Waals surface area contributed by atoms with Gasteiger partial charge in [0.15, 0.2) is 0 Å². The Morgan fingerprint density at radius 3 is 2.39 bits per heavy atom. The van der Waals surface area contributed by atoms with E-state index in [9.17, 15) is 24.3 Å². The molecule has 182 valence electrons. The summed E-state index contributed by atoms with van der Waals surface area (Å²) in [5, 5.41) is 20.3. The number of carboxylic acids is 1. The van der Waals surface area contributed by atoms with Crippen molar-refractivity contribution in [3.63, 3.8) is 0 Å². The van der Waals surface area contributed by atoms with Gasteiger partial charge in [0, 0.05) is 6.42 Å². The van der Waals surface area contributed by atoms with Gasteiger partial charge in [-0.25, -0.2) is 4.79 Å². The topological polar surface area (TPSA) is 163 Å². The minimum absolute atomic E-state index is 0.250. The van der Waals surface area contributed by atoms with Gasteiger partial charge in [0.1, 0.15) is 18.1 Å². The normalized spacial score (nSPS) is 18.1. The highest BCUT2D eigenvalue weighted by atomic mass is 16.4. The molecular formula is C23H35N5O5. The van der Waals surface area contributed by atoms with Crippen molar-refractivity contribution >= 4 is 23.7 Å². The van der Waals surface area contributed by atoms with Crippen LogP contribution in [-0.2, 0) is 25.6 Å². The average Bonchev–Trinajstić information content (AvgIpc) is 3.33. The summed E-state index contributed by atoms with van der Waals surface area (Å²) in [4.78, 5) is 49.6. The zero-order valence-electron chi connectivity index (χ0n) is 19.0. The van der Waals surface area contributed by atoms with E-state index in [1.165, 1.54) is 6.92 Å². The maximum absolute atomic E-state index is 13.0. The molecule has 10 nitrogen and oxygen atoms in total. The van der Waals surface area contributed by atoms with E-state index in [1.807, 2.05) is 30.3 Å². The largest absolute Gasteiger partial charge is 0.480 e. The lowest BCUT2D eigenvalue weighted by molar-refractivity contribution is -0.142. The van der Waals surface area contributed by atoms with Gasteiger partial charge in [0.2, 0.25) is 17.7 Å². The molecule has 4 unspecified atom stereocenters. The maximum Gasteiger partial charge on any atom is 0.326 e. The van der Waals surface area contributed by atoms with E-state index < -0.39 is 35.9 Å². The highest BCUT2D eigenvalue weighted by molar-refractivity contribution is 5.94. The molecule has 0 aliphatic carbocycles. The van der Waals surface area contributed by atoms with E-state index in [1.54, 1.807) is 0 Å². The number of carbonyl (C=O) groups excluding carboxylic acids is 3. The third kappa shape index (κ3) is 8.82. The number of hydrogen-bond acceptors (Lipinski definition) is 6. The van der Waals surface area contributed by atoms with Crippen LogP contribution in [0, 0.1) is 0 Å². The lowest BCUT2D eigenvalue weighted by atomic mass is 10.0. The van der Waals surface area contributed by atoms with Crippen molar-refractivity contribution < 1.29 is 24.3 Å². The number of nitrogens with two attached hydrogens (primary N) is 1. The molecule has 33 heavy (non-hydrogen) atoms. The number of hydrogen-bond donors (Lipinski definition) is 6. The summed E-state index contributed by atoms with van der Waals surface area (Å²) in [6, 6.07) is 6.00. The predicted octanol–water partition coefficient (Wildman–Crippen LogP) is -0.331. The van der Waals surface area contributed by atoms with Gasteiger partial charge >= 0.3 is 5.97 Å². The average molecular weight is 462 g/mol. The summed E-state index contributed by atoms with van der Waals surface area (Å²) in [5.74, 6) is -2.52. The molecule has 1 aromatic carbocycles. The van der Waals surface area contributed by atoms with Gasteiger partial charge in [-0.1, -0.05) is 30.3 Å². The molecule has 2 rings (SSSR count). The van der Waals surface area contributed by atoms with E-state index >= 15 is 0 Å². The van der Waals surface area contributed by atoms with Crippen LogP contribution in [0.2, 0.25) is 0 Å². The lowest BCUT2D eigenvalue weighted by Crippen LogP contribution is -2.56. The molecule has 0 saturated carbocycles. The first-order valence-electron chi connectivity index (χ1n) is 11.4. The number of amides is 3. The van der Waals surface area contributed by atoms with Crippen molar-refractivity contribution in [2.24, 2.45) is 5.73 Å². The summed E-state index contributed by atoms with van der Waals surface area (Å²) in [5.41, 5.74) is 6.30. The molecule has 0 radical (unpaired) electrons. The standard InChI is InChI=1S/C23H35N5O5/c1-15(20(29)27-18(23(32)33)10-5-6-12-24)26-22(31)19(14-16-8-3-2-4-9-16)28-21(30)17-11-7-13-25-17/h2-4,8-9,15,17-19,25H,5-7,10-14,24H2,1H3,(H,26,31)(H,27,29)(H,28,30)(H,32,33). The molecule has 0 bridgehead atoms. The number of nitrogens with one attached hydrogen (secondary N) is 4. The number of aliphatic carboxylic acids is 1. The van der Waals surface area contributed by atoms with Crippen molar-refractivity contribution in [1.29, 1.82) is 0 Å². The zero-order chi connectivity index (χ0) is 24.2. The summed E-state index contributed by atoms with van der Waals surface area (Å²) in [6.45, 7) is 2.67. The summed E-state index contributed by atoms with van der Waals surface area (Å²) >= 11 is 0. The number of carboxylic acid groups (broad SMARTS) is 1. The van der Waals surface area contributed by atoms with Crippen molar-refractivity contribution in [2.75, 3.05) is 13.1 Å². The number of unbranched alkanes of at least 4 members (excludes halogenated alkanes) is 1. The van der Waals surface area contributed by atoms with Gasteiger partial charge in [-0.15, -0.1) is 0 Å². The van der Waals surface area contributed by atoms with E-state index in [4.69, 9.17) is 5.73 Å². The van der Waals surface area contributed by atoms with Crippen LogP contribution in [0.25, 0.3) is 0 Å². The van der Waals surface area contributed by atoms with Crippen LogP contribution in [0.5, 0.6) is 0 Å². The van der Waals surface area contributed by atoms with E-state index in [0.29, 0.717) is 25.8 Å². The Labute approximate surface area is 194 Å². The van der Waals surface area contributed by atoms with E-state index in [0.717, 1.165) is 18.5 Å². The third-order valence-corrected chi connectivity index (χ3v) is 5.61. The second-order valence-electron chi connectivity index (χ2n) is 8.31. The number of rotatable bonds is 13. The van der Waals surface area contributed by atoms with E-state index in [2.05, 4.69) is 21.3 Å². The van der Waals surface area contributed by atoms with Crippen molar-refractivity contribution in [3.8, 4) is 0 Å². The van der Waals surface area contributed by atoms with Crippen molar-refractivity contribution in [2.45, 2.75) is 69.6 Å². The molecule has 0 spiro atoms. The Morgan fingerprint density at radius 2 is 1.79 bits per heavy atom. The first-order chi connectivity index (χ1) is 15.8. The minimum Gasteiger partial charge on any atom is -0.480 e. The first kappa shape index (κ1) is 26.3. The molecule has 1 heterocycles. The highest BCUT2D eigenvalue weighted by Gasteiger charge is 2.30. The quantitative estimate of drug-likeness (QED) is 0.219. The molecule has 0 aromatic heterocycles. The highest BCUT2D eigenvalue weighted by Crippen LogP contribution is 2.08. The van der Waals surface area contributed by atoms with Crippen LogP contribution in [0.15, 0.2) is 30.3 Å². The Hall–Kier alpha value is -2.98. The molecule has 1 aliphatic rings. The van der Waals surface area contributed by atoms with E-state index in [-0.39, 0.29) is 24.8 Å².